The van der Waals surface area contributed by atoms with Gasteiger partial charge in [-0.2, -0.15) is 0 Å². The first-order valence-electron chi connectivity index (χ1n) is 7.96. The third kappa shape index (κ3) is 3.24. The van der Waals surface area contributed by atoms with E-state index in [2.05, 4.69) is 15.1 Å². The summed E-state index contributed by atoms with van der Waals surface area (Å²) in [5, 5.41) is 5.51. The third-order valence-electron chi connectivity index (χ3n) is 3.97. The number of nitrogens with one attached hydrogen (secondary N) is 1. The van der Waals surface area contributed by atoms with Crippen LogP contribution in [0.25, 0.3) is 21.5 Å². The first kappa shape index (κ1) is 17.1. The van der Waals surface area contributed by atoms with Crippen LogP contribution < -0.4 is 5.56 Å². The summed E-state index contributed by atoms with van der Waals surface area (Å²) >= 11 is 1.31. The first-order valence-corrected chi connectivity index (χ1v) is 8.84. The number of rotatable bonds is 4. The minimum absolute atomic E-state index is 0.0368. The Morgan fingerprint density at radius 2 is 2.15 bits per heavy atom. The van der Waals surface area contributed by atoms with E-state index in [9.17, 15) is 14.0 Å². The number of benzene rings is 1. The lowest BCUT2D eigenvalue weighted by atomic mass is 10.1. The summed E-state index contributed by atoms with van der Waals surface area (Å²) in [6.45, 7) is 0.0851. The Hall–Kier alpha value is -3.33. The van der Waals surface area contributed by atoms with E-state index in [1.807, 2.05) is 0 Å². The maximum absolute atomic E-state index is 13.8. The number of aromatic nitrogens is 3. The van der Waals surface area contributed by atoms with E-state index >= 15 is 0 Å². The van der Waals surface area contributed by atoms with Crippen LogP contribution in [0.1, 0.15) is 16.3 Å². The van der Waals surface area contributed by atoms with E-state index in [1.54, 1.807) is 36.7 Å². The number of aromatic amines is 1. The molecule has 1 amide bonds. The van der Waals surface area contributed by atoms with Crippen LogP contribution in [-0.2, 0) is 6.54 Å². The molecule has 0 aliphatic rings. The van der Waals surface area contributed by atoms with Crippen LogP contribution in [-0.4, -0.2) is 33.0 Å². The highest BCUT2D eigenvalue weighted by molar-refractivity contribution is 7.17. The molecule has 3 heterocycles. The molecule has 0 spiro atoms. The van der Waals surface area contributed by atoms with Crippen molar-refractivity contribution in [3.05, 3.63) is 69.5 Å². The number of carbonyl (C=O) groups is 1. The van der Waals surface area contributed by atoms with E-state index < -0.39 is 11.7 Å². The van der Waals surface area contributed by atoms with Gasteiger partial charge in [0.15, 0.2) is 11.5 Å². The molecule has 0 atom stereocenters. The predicted molar refractivity (Wildman–Crippen MR) is 97.9 cm³/mol. The number of H-pyrrole nitrogens is 1. The number of hydrogen-bond acceptors (Lipinski definition) is 6. The maximum atomic E-state index is 13.8. The SMILES string of the molecule is CN(Cc1nc2ccsc2c(=O)[nH]1)C(=O)c1cc(-c2ccccc2F)on1. The van der Waals surface area contributed by atoms with Crippen LogP contribution in [0.15, 0.2) is 51.1 Å². The molecule has 4 rings (SSSR count). The number of thiophene rings is 1. The Morgan fingerprint density at radius 3 is 2.96 bits per heavy atom. The Kier molecular flexibility index (Phi) is 4.28. The summed E-state index contributed by atoms with van der Waals surface area (Å²) in [6.07, 6.45) is 0. The van der Waals surface area contributed by atoms with Gasteiger partial charge in [-0.1, -0.05) is 17.3 Å². The fraction of sp³-hybridized carbons (Fsp3) is 0.111. The molecule has 136 valence electrons. The van der Waals surface area contributed by atoms with Crippen LogP contribution in [0.4, 0.5) is 4.39 Å². The second-order valence-corrected chi connectivity index (χ2v) is 6.78. The second-order valence-electron chi connectivity index (χ2n) is 5.87. The van der Waals surface area contributed by atoms with Gasteiger partial charge in [0.25, 0.3) is 11.5 Å². The van der Waals surface area contributed by atoms with Gasteiger partial charge in [0.2, 0.25) is 0 Å². The molecule has 0 bridgehead atoms. The molecule has 0 saturated heterocycles. The van der Waals surface area contributed by atoms with Crippen molar-refractivity contribution in [2.75, 3.05) is 7.05 Å². The lowest BCUT2D eigenvalue weighted by molar-refractivity contribution is 0.0771. The molecule has 1 N–H and O–H groups in total. The summed E-state index contributed by atoms with van der Waals surface area (Å²) in [6, 6.07) is 9.20. The summed E-state index contributed by atoms with van der Waals surface area (Å²) < 4.78 is 19.5. The molecule has 27 heavy (non-hydrogen) atoms. The van der Waals surface area contributed by atoms with E-state index in [-0.39, 0.29) is 29.1 Å². The van der Waals surface area contributed by atoms with Gasteiger partial charge < -0.3 is 14.4 Å². The standard InChI is InChI=1S/C18H13FN4O3S/c1-23(9-15-20-12-6-7-27-16(12)17(24)21-15)18(25)13-8-14(26-22-13)10-4-2-3-5-11(10)19/h2-8H,9H2,1H3,(H,20,21,24). The number of fused-ring (bicyclic) bond motifs is 1. The average molecular weight is 384 g/mol. The largest absolute Gasteiger partial charge is 0.355 e. The zero-order valence-corrected chi connectivity index (χ0v) is 14.9. The molecule has 0 aliphatic carbocycles. The van der Waals surface area contributed by atoms with Crippen molar-refractivity contribution in [3.63, 3.8) is 0 Å². The van der Waals surface area contributed by atoms with Crippen molar-refractivity contribution < 1.29 is 13.7 Å². The number of carbonyl (C=O) groups excluding carboxylic acids is 1. The van der Waals surface area contributed by atoms with Crippen molar-refractivity contribution in [2.45, 2.75) is 6.54 Å². The minimum Gasteiger partial charge on any atom is -0.355 e. The van der Waals surface area contributed by atoms with Crippen molar-refractivity contribution in [1.82, 2.24) is 20.0 Å². The summed E-state index contributed by atoms with van der Waals surface area (Å²) in [5.41, 5.74) is 0.604. The molecule has 7 nitrogen and oxygen atoms in total. The second kappa shape index (κ2) is 6.76. The highest BCUT2D eigenvalue weighted by Crippen LogP contribution is 2.23. The highest BCUT2D eigenvalue weighted by atomic mass is 32.1. The zero-order chi connectivity index (χ0) is 19.0. The van der Waals surface area contributed by atoms with Crippen molar-refractivity contribution in [1.29, 1.82) is 0 Å². The van der Waals surface area contributed by atoms with Gasteiger partial charge in [0, 0.05) is 13.1 Å². The number of nitrogens with zero attached hydrogens (tertiary/aromatic N) is 3. The highest BCUT2D eigenvalue weighted by Gasteiger charge is 2.20. The molecule has 9 heteroatoms. The summed E-state index contributed by atoms with van der Waals surface area (Å²) in [7, 11) is 1.55. The predicted octanol–water partition coefficient (Wildman–Crippen LogP) is 3.05. The van der Waals surface area contributed by atoms with Crippen LogP contribution in [0.3, 0.4) is 0 Å². The molecule has 0 aliphatic heterocycles. The molecule has 0 radical (unpaired) electrons. The third-order valence-corrected chi connectivity index (χ3v) is 4.87. The number of amides is 1. The lowest BCUT2D eigenvalue weighted by Crippen LogP contribution is -2.28. The van der Waals surface area contributed by atoms with E-state index in [0.717, 1.165) is 0 Å². The van der Waals surface area contributed by atoms with Crippen LogP contribution >= 0.6 is 11.3 Å². The molecule has 3 aromatic heterocycles. The molecule has 0 fully saturated rings. The van der Waals surface area contributed by atoms with Crippen molar-refractivity contribution in [3.8, 4) is 11.3 Å². The Morgan fingerprint density at radius 1 is 1.33 bits per heavy atom. The van der Waals surface area contributed by atoms with Gasteiger partial charge in [-0.05, 0) is 23.6 Å². The van der Waals surface area contributed by atoms with Gasteiger partial charge >= 0.3 is 0 Å². The molecule has 0 unspecified atom stereocenters. The van der Waals surface area contributed by atoms with Crippen molar-refractivity contribution in [2.24, 2.45) is 0 Å². The van der Waals surface area contributed by atoms with Crippen LogP contribution in [0.2, 0.25) is 0 Å². The quantitative estimate of drug-likeness (QED) is 0.584. The van der Waals surface area contributed by atoms with E-state index in [1.165, 1.54) is 28.4 Å². The maximum Gasteiger partial charge on any atom is 0.276 e. The molecular formula is C18H13FN4O3S. The van der Waals surface area contributed by atoms with Gasteiger partial charge in [0.1, 0.15) is 16.3 Å². The van der Waals surface area contributed by atoms with Gasteiger partial charge in [-0.15, -0.1) is 11.3 Å². The lowest BCUT2D eigenvalue weighted by Gasteiger charge is -2.14. The Bertz CT molecular complexity index is 1200. The normalized spacial score (nSPS) is 11.0. The fourth-order valence-corrected chi connectivity index (χ4v) is 3.38. The first-order chi connectivity index (χ1) is 13.0. The summed E-state index contributed by atoms with van der Waals surface area (Å²) in [5.74, 6) is -0.378. The molecular weight excluding hydrogens is 371 g/mol. The smallest absolute Gasteiger partial charge is 0.276 e. The minimum atomic E-state index is -0.466. The van der Waals surface area contributed by atoms with Crippen LogP contribution in [0.5, 0.6) is 0 Å². The fourth-order valence-electron chi connectivity index (χ4n) is 2.65. The molecule has 0 saturated carbocycles. The molecule has 4 aromatic rings. The summed E-state index contributed by atoms with van der Waals surface area (Å²) in [4.78, 5) is 33.0. The Balaban J connectivity index is 1.55. The number of halogens is 1. The van der Waals surface area contributed by atoms with Crippen molar-refractivity contribution >= 4 is 27.5 Å². The zero-order valence-electron chi connectivity index (χ0n) is 14.1. The van der Waals surface area contributed by atoms with E-state index in [0.29, 0.717) is 16.0 Å². The number of hydrogen-bond donors (Lipinski definition) is 1. The topological polar surface area (TPSA) is 92.1 Å². The van der Waals surface area contributed by atoms with Gasteiger partial charge in [-0.3, -0.25) is 9.59 Å². The van der Waals surface area contributed by atoms with E-state index in [4.69, 9.17) is 4.52 Å². The van der Waals surface area contributed by atoms with Gasteiger partial charge in [-0.25, -0.2) is 9.37 Å². The monoisotopic (exact) mass is 384 g/mol. The molecule has 1 aromatic carbocycles. The van der Waals surface area contributed by atoms with Crippen LogP contribution in [0, 0.1) is 5.82 Å². The Labute approximate surface area is 156 Å². The average Bonchev–Trinajstić information content (AvgIpc) is 3.31. The van der Waals surface area contributed by atoms with Gasteiger partial charge in [0.05, 0.1) is 17.6 Å².